The lowest BCUT2D eigenvalue weighted by atomic mass is 9.99. The second kappa shape index (κ2) is 13.2. The van der Waals surface area contributed by atoms with Crippen LogP contribution in [-0.4, -0.2) is 76.7 Å². The Morgan fingerprint density at radius 1 is 1.04 bits per heavy atom. The molecule has 5 N–H and O–H groups in total. The largest absolute Gasteiger partial charge is 0.394 e. The number of Topliss-reactive ketones (excluding diaryl/α,β-unsaturated/α-hetero) is 1. The predicted molar refractivity (Wildman–Crippen MR) is 99.9 cm³/mol. The third-order valence-corrected chi connectivity index (χ3v) is 4.58. The monoisotopic (exact) mass is 389 g/mol. The van der Waals surface area contributed by atoms with E-state index >= 15 is 0 Å². The maximum absolute atomic E-state index is 10.8. The van der Waals surface area contributed by atoms with Crippen molar-refractivity contribution in [3.8, 4) is 0 Å². The molecule has 1 heterocycles. The molecule has 0 saturated carbocycles. The van der Waals surface area contributed by atoms with Crippen LogP contribution in [0.1, 0.15) is 51.9 Å². The van der Waals surface area contributed by atoms with Crippen LogP contribution in [-0.2, 0) is 14.3 Å². The lowest BCUT2D eigenvalue weighted by Gasteiger charge is -2.39. The number of nitrogens with one attached hydrogen (secondary N) is 1. The molecule has 0 amide bonds. The number of allylic oxidation sites excluding steroid dienone is 1. The Hall–Kier alpha value is -1.03. The van der Waals surface area contributed by atoms with Crippen molar-refractivity contribution in [3.05, 3.63) is 12.3 Å². The summed E-state index contributed by atoms with van der Waals surface area (Å²) >= 11 is 0. The maximum atomic E-state index is 10.8. The van der Waals surface area contributed by atoms with E-state index in [4.69, 9.17) is 14.6 Å². The van der Waals surface area contributed by atoms with Gasteiger partial charge in [-0.2, -0.15) is 0 Å². The fourth-order valence-electron chi connectivity index (χ4n) is 2.87. The number of aliphatic hydroxyl groups is 4. The number of carbonyl (C=O) groups is 1. The zero-order valence-corrected chi connectivity index (χ0v) is 16.2. The van der Waals surface area contributed by atoms with Gasteiger partial charge in [0.25, 0.3) is 0 Å². The van der Waals surface area contributed by atoms with Crippen molar-refractivity contribution in [2.75, 3.05) is 19.8 Å². The zero-order chi connectivity index (χ0) is 20.2. The number of unbranched alkanes of at least 4 members (excludes halogenated alkanes) is 3. The van der Waals surface area contributed by atoms with Gasteiger partial charge in [-0.15, -0.1) is 0 Å². The molecule has 8 heteroatoms. The average molecular weight is 389 g/mol. The lowest BCUT2D eigenvalue weighted by molar-refractivity contribution is -0.301. The molecule has 8 nitrogen and oxygen atoms in total. The van der Waals surface area contributed by atoms with Crippen LogP contribution in [0.5, 0.6) is 0 Å². The van der Waals surface area contributed by atoms with Crippen molar-refractivity contribution >= 4 is 5.78 Å². The molecule has 1 aliphatic rings. The van der Waals surface area contributed by atoms with Gasteiger partial charge in [0, 0.05) is 25.3 Å². The fourth-order valence-corrected chi connectivity index (χ4v) is 2.87. The summed E-state index contributed by atoms with van der Waals surface area (Å²) in [6.07, 6.45) is -0.213. The minimum absolute atomic E-state index is 0.235. The van der Waals surface area contributed by atoms with Crippen LogP contribution in [0.3, 0.4) is 0 Å². The van der Waals surface area contributed by atoms with E-state index in [1.807, 2.05) is 0 Å². The van der Waals surface area contributed by atoms with E-state index in [-0.39, 0.29) is 5.78 Å². The van der Waals surface area contributed by atoms with Crippen molar-refractivity contribution in [1.82, 2.24) is 5.32 Å². The highest BCUT2D eigenvalue weighted by molar-refractivity contribution is 5.75. The Balaban J connectivity index is 2.07. The fraction of sp³-hybridized carbons (Fsp3) is 0.842. The first kappa shape index (κ1) is 24.0. The first-order chi connectivity index (χ1) is 12.9. The van der Waals surface area contributed by atoms with Crippen molar-refractivity contribution in [2.24, 2.45) is 0 Å². The topological polar surface area (TPSA) is 128 Å². The van der Waals surface area contributed by atoms with Gasteiger partial charge in [0.1, 0.15) is 30.2 Å². The van der Waals surface area contributed by atoms with Crippen LogP contribution in [0.2, 0.25) is 0 Å². The van der Waals surface area contributed by atoms with E-state index in [1.54, 1.807) is 6.92 Å². The molecule has 5 atom stereocenters. The molecule has 0 aromatic rings. The summed E-state index contributed by atoms with van der Waals surface area (Å²) in [5.74, 6) is 0.235. The third-order valence-electron chi connectivity index (χ3n) is 4.58. The van der Waals surface area contributed by atoms with E-state index in [2.05, 4.69) is 11.9 Å². The molecular formula is C19H35NO7. The highest BCUT2D eigenvalue weighted by Crippen LogP contribution is 2.22. The molecule has 0 radical (unpaired) electrons. The molecule has 0 aromatic heterocycles. The molecular weight excluding hydrogens is 354 g/mol. The van der Waals surface area contributed by atoms with Gasteiger partial charge in [0.15, 0.2) is 6.29 Å². The van der Waals surface area contributed by atoms with Gasteiger partial charge in [0.05, 0.1) is 6.61 Å². The van der Waals surface area contributed by atoms with Gasteiger partial charge in [-0.1, -0.05) is 13.0 Å². The van der Waals surface area contributed by atoms with Gasteiger partial charge in [-0.3, -0.25) is 0 Å². The molecule has 27 heavy (non-hydrogen) atoms. The van der Waals surface area contributed by atoms with Gasteiger partial charge in [-0.25, -0.2) is 0 Å². The number of carbonyl (C=O) groups excluding carboxylic acids is 1. The number of hydrogen-bond donors (Lipinski definition) is 5. The lowest BCUT2D eigenvalue weighted by Crippen LogP contribution is -2.59. The minimum Gasteiger partial charge on any atom is -0.394 e. The summed E-state index contributed by atoms with van der Waals surface area (Å²) in [4.78, 5) is 10.8. The van der Waals surface area contributed by atoms with Crippen LogP contribution >= 0.6 is 0 Å². The minimum atomic E-state index is -1.42. The molecule has 0 aromatic carbocycles. The first-order valence-electron chi connectivity index (χ1n) is 9.70. The number of aliphatic hydroxyl groups excluding tert-OH is 4. The standard InChI is InChI=1S/C19H35NO7/c1-13(20-10-6-3-4-9-14(2)22)8-5-7-11-26-19-18(25)17(24)16(23)15(12-21)27-19/h15-21,23-25H,1,3-12H2,2H3. The summed E-state index contributed by atoms with van der Waals surface area (Å²) in [5, 5.41) is 41.7. The summed E-state index contributed by atoms with van der Waals surface area (Å²) in [6, 6.07) is 0. The quantitative estimate of drug-likeness (QED) is 0.267. The molecule has 0 spiro atoms. The molecule has 1 rings (SSSR count). The summed E-state index contributed by atoms with van der Waals surface area (Å²) in [6.45, 7) is 6.29. The number of ether oxygens (including phenoxy) is 2. The molecule has 158 valence electrons. The van der Waals surface area contributed by atoms with Gasteiger partial charge in [-0.05, 0) is 39.0 Å². The van der Waals surface area contributed by atoms with Crippen LogP contribution in [0.25, 0.3) is 0 Å². The summed E-state index contributed by atoms with van der Waals surface area (Å²) in [5.41, 5.74) is 0.953. The summed E-state index contributed by atoms with van der Waals surface area (Å²) < 4.78 is 10.7. The van der Waals surface area contributed by atoms with E-state index < -0.39 is 37.3 Å². The smallest absolute Gasteiger partial charge is 0.186 e. The average Bonchev–Trinajstić information content (AvgIpc) is 2.63. The SMILES string of the molecule is C=C(CCCCOC1OC(CO)C(O)C(O)C1O)NCCCCCC(C)=O. The summed E-state index contributed by atoms with van der Waals surface area (Å²) in [7, 11) is 0. The molecule has 0 aliphatic carbocycles. The second-order valence-corrected chi connectivity index (χ2v) is 7.07. The van der Waals surface area contributed by atoms with Crippen molar-refractivity contribution in [3.63, 3.8) is 0 Å². The van der Waals surface area contributed by atoms with Crippen LogP contribution in [0, 0.1) is 0 Å². The van der Waals surface area contributed by atoms with E-state index in [0.29, 0.717) is 19.4 Å². The van der Waals surface area contributed by atoms with Crippen LogP contribution < -0.4 is 5.32 Å². The number of ketones is 1. The number of hydrogen-bond acceptors (Lipinski definition) is 8. The Kier molecular flexibility index (Phi) is 11.7. The Morgan fingerprint density at radius 2 is 1.74 bits per heavy atom. The molecule has 1 fully saturated rings. The third kappa shape index (κ3) is 9.14. The van der Waals surface area contributed by atoms with Crippen molar-refractivity contribution < 1.29 is 34.7 Å². The molecule has 5 unspecified atom stereocenters. The van der Waals surface area contributed by atoms with Crippen molar-refractivity contribution in [1.29, 1.82) is 0 Å². The van der Waals surface area contributed by atoms with E-state index in [9.17, 15) is 20.1 Å². The molecule has 1 aliphatic heterocycles. The van der Waals surface area contributed by atoms with Gasteiger partial charge >= 0.3 is 0 Å². The highest BCUT2D eigenvalue weighted by atomic mass is 16.7. The molecule has 0 bridgehead atoms. The molecule has 1 saturated heterocycles. The number of rotatable bonds is 14. The maximum Gasteiger partial charge on any atom is 0.186 e. The second-order valence-electron chi connectivity index (χ2n) is 7.07. The highest BCUT2D eigenvalue weighted by Gasteiger charge is 2.43. The van der Waals surface area contributed by atoms with E-state index in [1.165, 1.54) is 0 Å². The van der Waals surface area contributed by atoms with Crippen molar-refractivity contribution in [2.45, 2.75) is 82.6 Å². The zero-order valence-electron chi connectivity index (χ0n) is 16.2. The Morgan fingerprint density at radius 3 is 2.41 bits per heavy atom. The predicted octanol–water partition coefficient (Wildman–Crippen LogP) is 0.226. The van der Waals surface area contributed by atoms with E-state index in [0.717, 1.165) is 44.3 Å². The van der Waals surface area contributed by atoms with Gasteiger partial charge in [0.2, 0.25) is 0 Å². The van der Waals surface area contributed by atoms with Crippen LogP contribution in [0.15, 0.2) is 12.3 Å². The Bertz CT molecular complexity index is 444. The normalized spacial score (nSPS) is 28.1. The van der Waals surface area contributed by atoms with Crippen LogP contribution in [0.4, 0.5) is 0 Å². The first-order valence-corrected chi connectivity index (χ1v) is 9.70. The van der Waals surface area contributed by atoms with Gasteiger partial charge < -0.3 is 40.0 Å². The Labute approximate surface area is 161 Å².